The van der Waals surface area contributed by atoms with Crippen LogP contribution in [0.25, 0.3) is 0 Å². The first-order valence-corrected chi connectivity index (χ1v) is 9.60. The summed E-state index contributed by atoms with van der Waals surface area (Å²) in [6, 6.07) is 9.41. The first-order chi connectivity index (χ1) is 12.8. The molecule has 3 aromatic rings. The summed E-state index contributed by atoms with van der Waals surface area (Å²) in [5.74, 6) is 0. The number of carbonyl (C=O) groups excluding carboxylic acids is 1. The summed E-state index contributed by atoms with van der Waals surface area (Å²) in [5.41, 5.74) is -0.414. The highest BCUT2D eigenvalue weighted by Gasteiger charge is 2.33. The third-order valence-corrected chi connectivity index (χ3v) is 5.55. The molecule has 2 amide bonds. The zero-order valence-electron chi connectivity index (χ0n) is 13.8. The molecule has 0 spiro atoms. The third-order valence-electron chi connectivity index (χ3n) is 3.71. The number of alkyl halides is 3. The Labute approximate surface area is 161 Å². The molecule has 2 aromatic heterocycles. The van der Waals surface area contributed by atoms with Gasteiger partial charge in [0.25, 0.3) is 0 Å². The third kappa shape index (κ3) is 4.88. The second kappa shape index (κ2) is 8.12. The van der Waals surface area contributed by atoms with Crippen LogP contribution < -0.4 is 10.6 Å². The standard InChI is InChI=1S/C18H15F3N2O2S2/c19-18(20,21)13-3-1-2-4-14(13)23-17(25)22-9-12-5-6-15(27-12)16(24)11-7-8-26-10-11/h1-8,10,16,24H,9H2,(H2,22,23,25). The number of benzene rings is 1. The van der Waals surface area contributed by atoms with E-state index in [0.29, 0.717) is 0 Å². The zero-order chi connectivity index (χ0) is 19.4. The average molecular weight is 412 g/mol. The Bertz CT molecular complexity index is 907. The van der Waals surface area contributed by atoms with Crippen molar-refractivity contribution in [1.82, 2.24) is 5.32 Å². The molecule has 1 atom stereocenters. The van der Waals surface area contributed by atoms with Crippen molar-refractivity contribution < 1.29 is 23.1 Å². The van der Waals surface area contributed by atoms with Gasteiger partial charge in [-0.3, -0.25) is 0 Å². The van der Waals surface area contributed by atoms with Crippen molar-refractivity contribution >= 4 is 34.4 Å². The zero-order valence-corrected chi connectivity index (χ0v) is 15.4. The van der Waals surface area contributed by atoms with Crippen LogP contribution in [0.1, 0.15) is 27.0 Å². The van der Waals surface area contributed by atoms with Crippen LogP contribution in [0.2, 0.25) is 0 Å². The largest absolute Gasteiger partial charge is 0.418 e. The van der Waals surface area contributed by atoms with Crippen LogP contribution in [-0.2, 0) is 12.7 Å². The number of nitrogens with one attached hydrogen (secondary N) is 2. The van der Waals surface area contributed by atoms with Crippen LogP contribution in [0.15, 0.2) is 53.2 Å². The van der Waals surface area contributed by atoms with Gasteiger partial charge in [-0.25, -0.2) is 4.79 Å². The van der Waals surface area contributed by atoms with E-state index < -0.39 is 23.9 Å². The highest BCUT2D eigenvalue weighted by molar-refractivity contribution is 7.12. The maximum Gasteiger partial charge on any atom is 0.418 e. The Kier molecular flexibility index (Phi) is 5.83. The van der Waals surface area contributed by atoms with Crippen molar-refractivity contribution in [3.8, 4) is 0 Å². The second-order valence-electron chi connectivity index (χ2n) is 5.61. The van der Waals surface area contributed by atoms with Crippen molar-refractivity contribution in [1.29, 1.82) is 0 Å². The summed E-state index contributed by atoms with van der Waals surface area (Å²) in [5, 5.41) is 18.8. The topological polar surface area (TPSA) is 61.4 Å². The van der Waals surface area contributed by atoms with E-state index in [0.717, 1.165) is 21.4 Å². The van der Waals surface area contributed by atoms with Gasteiger partial charge in [-0.2, -0.15) is 24.5 Å². The molecule has 0 aliphatic heterocycles. The Morgan fingerprint density at radius 3 is 2.63 bits per heavy atom. The van der Waals surface area contributed by atoms with Crippen molar-refractivity contribution in [2.24, 2.45) is 0 Å². The highest BCUT2D eigenvalue weighted by atomic mass is 32.1. The maximum absolute atomic E-state index is 13.0. The van der Waals surface area contributed by atoms with Gasteiger partial charge in [-0.15, -0.1) is 11.3 Å². The number of aliphatic hydroxyl groups excluding tert-OH is 1. The van der Waals surface area contributed by atoms with Crippen LogP contribution >= 0.6 is 22.7 Å². The van der Waals surface area contributed by atoms with Crippen molar-refractivity contribution in [2.45, 2.75) is 18.8 Å². The van der Waals surface area contributed by atoms with E-state index in [1.54, 1.807) is 12.1 Å². The number of rotatable bonds is 5. The Morgan fingerprint density at radius 2 is 1.93 bits per heavy atom. The SMILES string of the molecule is O=C(NCc1ccc(C(O)c2ccsc2)s1)Nc1ccccc1C(F)(F)F. The lowest BCUT2D eigenvalue weighted by atomic mass is 10.1. The van der Waals surface area contributed by atoms with Crippen LogP contribution in [-0.4, -0.2) is 11.1 Å². The fraction of sp³-hybridized carbons (Fsp3) is 0.167. The lowest BCUT2D eigenvalue weighted by molar-refractivity contribution is -0.136. The fourth-order valence-corrected chi connectivity index (χ4v) is 4.05. The summed E-state index contributed by atoms with van der Waals surface area (Å²) in [6.07, 6.45) is -5.29. The van der Waals surface area contributed by atoms with Crippen molar-refractivity contribution in [3.05, 3.63) is 74.1 Å². The first-order valence-electron chi connectivity index (χ1n) is 7.84. The van der Waals surface area contributed by atoms with E-state index in [4.69, 9.17) is 0 Å². The predicted molar refractivity (Wildman–Crippen MR) is 100 cm³/mol. The molecule has 0 radical (unpaired) electrons. The Hall–Kier alpha value is -2.36. The number of aliphatic hydroxyl groups is 1. The number of urea groups is 1. The molecule has 0 fully saturated rings. The highest BCUT2D eigenvalue weighted by Crippen LogP contribution is 2.34. The smallest absolute Gasteiger partial charge is 0.383 e. The summed E-state index contributed by atoms with van der Waals surface area (Å²) in [6.45, 7) is 0.140. The molecule has 2 heterocycles. The molecule has 0 bridgehead atoms. The summed E-state index contributed by atoms with van der Waals surface area (Å²) >= 11 is 2.81. The summed E-state index contributed by atoms with van der Waals surface area (Å²) in [4.78, 5) is 13.5. The number of para-hydroxylation sites is 1. The number of carbonyl (C=O) groups is 1. The molecule has 3 N–H and O–H groups in total. The molecule has 27 heavy (non-hydrogen) atoms. The van der Waals surface area contributed by atoms with Crippen LogP contribution in [0, 0.1) is 0 Å². The molecule has 0 saturated carbocycles. The molecule has 0 saturated heterocycles. The molecule has 1 unspecified atom stereocenters. The molecule has 9 heteroatoms. The molecule has 3 rings (SSSR count). The van der Waals surface area contributed by atoms with Gasteiger partial charge < -0.3 is 15.7 Å². The number of thiophene rings is 2. The minimum atomic E-state index is -4.55. The van der Waals surface area contributed by atoms with E-state index >= 15 is 0 Å². The van der Waals surface area contributed by atoms with E-state index in [1.807, 2.05) is 16.8 Å². The van der Waals surface area contributed by atoms with Gasteiger partial charge in [0.1, 0.15) is 6.10 Å². The normalized spacial score (nSPS) is 12.6. The molecular weight excluding hydrogens is 397 g/mol. The van der Waals surface area contributed by atoms with Gasteiger partial charge in [-0.05, 0) is 46.7 Å². The van der Waals surface area contributed by atoms with E-state index in [2.05, 4.69) is 10.6 Å². The molecule has 4 nitrogen and oxygen atoms in total. The number of amides is 2. The van der Waals surface area contributed by atoms with E-state index in [-0.39, 0.29) is 12.2 Å². The molecule has 0 aliphatic carbocycles. The number of anilines is 1. The van der Waals surface area contributed by atoms with E-state index in [9.17, 15) is 23.1 Å². The summed E-state index contributed by atoms with van der Waals surface area (Å²) in [7, 11) is 0. The van der Waals surface area contributed by atoms with Gasteiger partial charge in [0.05, 0.1) is 17.8 Å². The Morgan fingerprint density at radius 1 is 1.15 bits per heavy atom. The maximum atomic E-state index is 13.0. The van der Waals surface area contributed by atoms with Gasteiger partial charge in [0, 0.05) is 9.75 Å². The van der Waals surface area contributed by atoms with E-state index in [1.165, 1.54) is 40.9 Å². The summed E-state index contributed by atoms with van der Waals surface area (Å²) < 4.78 is 38.9. The minimum absolute atomic E-state index is 0.140. The lowest BCUT2D eigenvalue weighted by Crippen LogP contribution is -2.28. The van der Waals surface area contributed by atoms with Crippen molar-refractivity contribution in [3.63, 3.8) is 0 Å². The van der Waals surface area contributed by atoms with Gasteiger partial charge in [0.2, 0.25) is 0 Å². The number of hydrogen-bond donors (Lipinski definition) is 3. The van der Waals surface area contributed by atoms with Gasteiger partial charge >= 0.3 is 12.2 Å². The number of hydrogen-bond acceptors (Lipinski definition) is 4. The van der Waals surface area contributed by atoms with Crippen LogP contribution in [0.4, 0.5) is 23.7 Å². The van der Waals surface area contributed by atoms with Crippen LogP contribution in [0.5, 0.6) is 0 Å². The fourth-order valence-electron chi connectivity index (χ4n) is 2.40. The lowest BCUT2D eigenvalue weighted by Gasteiger charge is -2.13. The van der Waals surface area contributed by atoms with Gasteiger partial charge in [-0.1, -0.05) is 12.1 Å². The Balaban J connectivity index is 1.59. The minimum Gasteiger partial charge on any atom is -0.383 e. The van der Waals surface area contributed by atoms with Crippen LogP contribution in [0.3, 0.4) is 0 Å². The quantitative estimate of drug-likeness (QED) is 0.537. The number of halogens is 3. The van der Waals surface area contributed by atoms with Crippen molar-refractivity contribution in [2.75, 3.05) is 5.32 Å². The molecule has 1 aromatic carbocycles. The second-order valence-corrected chi connectivity index (χ2v) is 7.59. The molecule has 0 aliphatic rings. The molecule has 142 valence electrons. The van der Waals surface area contributed by atoms with Gasteiger partial charge in [0.15, 0.2) is 0 Å². The monoisotopic (exact) mass is 412 g/mol. The average Bonchev–Trinajstić information content (AvgIpc) is 3.31. The molecular formula is C18H15F3N2O2S2. The predicted octanol–water partition coefficient (Wildman–Crippen LogP) is 5.23. The first kappa shape index (κ1) is 19.4.